The van der Waals surface area contributed by atoms with Crippen LogP contribution in [0.3, 0.4) is 0 Å². The molecule has 6 nitrogen and oxygen atoms in total. The Morgan fingerprint density at radius 1 is 1.07 bits per heavy atom. The minimum atomic E-state index is -0.863. The number of aliphatic hydroxyl groups is 1. The number of amides is 1. The van der Waals surface area contributed by atoms with Crippen molar-refractivity contribution in [3.05, 3.63) is 87.6 Å². The third-order valence-electron chi connectivity index (χ3n) is 4.82. The van der Waals surface area contributed by atoms with Crippen molar-refractivity contribution in [2.24, 2.45) is 0 Å². The van der Waals surface area contributed by atoms with Crippen LogP contribution in [0.1, 0.15) is 28.5 Å². The monoisotopic (exact) mass is 408 g/mol. The van der Waals surface area contributed by atoms with Crippen LogP contribution in [0, 0.1) is 13.8 Å². The zero-order valence-electron chi connectivity index (χ0n) is 15.7. The van der Waals surface area contributed by atoms with E-state index in [0.717, 1.165) is 5.56 Å². The van der Waals surface area contributed by atoms with Crippen molar-refractivity contribution in [2.75, 3.05) is 4.90 Å². The number of carbonyl (C=O) groups excluding carboxylic acids is 2. The molecular formula is C22H17ClN2O4. The molecule has 1 aliphatic rings. The Labute approximate surface area is 172 Å². The quantitative estimate of drug-likeness (QED) is 0.390. The second kappa shape index (κ2) is 7.22. The molecule has 0 aliphatic carbocycles. The molecule has 1 unspecified atom stereocenters. The summed E-state index contributed by atoms with van der Waals surface area (Å²) in [6, 6.07) is 14.5. The SMILES string of the molecule is Cc1ccc(C(O)=C2C(=O)C(=O)N(c3cc(C)on3)C2c2ccc(Cl)cc2)cc1. The van der Waals surface area contributed by atoms with Gasteiger partial charge in [0.15, 0.2) is 5.82 Å². The van der Waals surface area contributed by atoms with Crippen molar-refractivity contribution < 1.29 is 19.2 Å². The number of aliphatic hydroxyl groups excluding tert-OH is 1. The van der Waals surface area contributed by atoms with Gasteiger partial charge in [-0.05, 0) is 31.5 Å². The second-order valence-electron chi connectivity index (χ2n) is 6.88. The fraction of sp³-hybridized carbons (Fsp3) is 0.136. The maximum absolute atomic E-state index is 12.9. The van der Waals surface area contributed by atoms with Gasteiger partial charge in [-0.25, -0.2) is 0 Å². The lowest BCUT2D eigenvalue weighted by molar-refractivity contribution is -0.132. The molecule has 0 saturated carbocycles. The van der Waals surface area contributed by atoms with E-state index in [1.54, 1.807) is 49.4 Å². The molecule has 146 valence electrons. The van der Waals surface area contributed by atoms with Crippen molar-refractivity contribution in [3.63, 3.8) is 0 Å². The van der Waals surface area contributed by atoms with Crippen LogP contribution in [0.15, 0.2) is 64.7 Å². The Kier molecular flexibility index (Phi) is 4.72. The van der Waals surface area contributed by atoms with Crippen LogP contribution in [-0.2, 0) is 9.59 Å². The molecule has 1 amide bonds. The first-order valence-electron chi connectivity index (χ1n) is 8.93. The van der Waals surface area contributed by atoms with E-state index in [4.69, 9.17) is 16.1 Å². The fourth-order valence-electron chi connectivity index (χ4n) is 3.36. The summed E-state index contributed by atoms with van der Waals surface area (Å²) in [5.41, 5.74) is 2.06. The van der Waals surface area contributed by atoms with E-state index in [0.29, 0.717) is 21.9 Å². The van der Waals surface area contributed by atoms with Crippen LogP contribution < -0.4 is 4.90 Å². The summed E-state index contributed by atoms with van der Waals surface area (Å²) in [6.07, 6.45) is 0. The van der Waals surface area contributed by atoms with Gasteiger partial charge in [0.1, 0.15) is 11.5 Å². The number of Topliss-reactive ketones (excluding diaryl/α,β-unsaturated/α-hetero) is 1. The molecule has 1 aliphatic heterocycles. The molecular weight excluding hydrogens is 392 g/mol. The normalized spacial score (nSPS) is 18.4. The number of carbonyl (C=O) groups is 2. The number of hydrogen-bond donors (Lipinski definition) is 1. The number of benzene rings is 2. The highest BCUT2D eigenvalue weighted by Crippen LogP contribution is 2.42. The Morgan fingerprint density at radius 2 is 1.72 bits per heavy atom. The minimum absolute atomic E-state index is 0.0122. The Bertz CT molecular complexity index is 1130. The molecule has 4 rings (SSSR count). The van der Waals surface area contributed by atoms with Gasteiger partial charge in [-0.15, -0.1) is 0 Å². The van der Waals surface area contributed by atoms with Gasteiger partial charge in [-0.2, -0.15) is 0 Å². The molecule has 1 fully saturated rings. The predicted octanol–water partition coefficient (Wildman–Crippen LogP) is 4.57. The van der Waals surface area contributed by atoms with Gasteiger partial charge in [-0.1, -0.05) is 58.7 Å². The van der Waals surface area contributed by atoms with Gasteiger partial charge in [0.2, 0.25) is 0 Å². The first-order valence-corrected chi connectivity index (χ1v) is 9.31. The zero-order chi connectivity index (χ0) is 20.7. The predicted molar refractivity (Wildman–Crippen MR) is 109 cm³/mol. The summed E-state index contributed by atoms with van der Waals surface area (Å²) in [7, 11) is 0. The van der Waals surface area contributed by atoms with Gasteiger partial charge in [-0.3, -0.25) is 14.5 Å². The maximum atomic E-state index is 12.9. The van der Waals surface area contributed by atoms with Gasteiger partial charge in [0.25, 0.3) is 5.78 Å². The smallest absolute Gasteiger partial charge is 0.301 e. The van der Waals surface area contributed by atoms with E-state index >= 15 is 0 Å². The topological polar surface area (TPSA) is 83.6 Å². The third kappa shape index (κ3) is 3.32. The molecule has 0 radical (unpaired) electrons. The molecule has 7 heteroatoms. The average molecular weight is 409 g/mol. The van der Waals surface area contributed by atoms with Crippen LogP contribution in [0.4, 0.5) is 5.82 Å². The summed E-state index contributed by atoms with van der Waals surface area (Å²) in [5, 5.41) is 15.4. The number of ketones is 1. The Morgan fingerprint density at radius 3 is 2.31 bits per heavy atom. The number of hydrogen-bond acceptors (Lipinski definition) is 5. The molecule has 2 aromatic carbocycles. The van der Waals surface area contributed by atoms with E-state index < -0.39 is 17.7 Å². The lowest BCUT2D eigenvalue weighted by atomic mass is 9.95. The van der Waals surface area contributed by atoms with Gasteiger partial charge in [0.05, 0.1) is 11.6 Å². The van der Waals surface area contributed by atoms with Gasteiger partial charge < -0.3 is 9.63 Å². The molecule has 0 bridgehead atoms. The minimum Gasteiger partial charge on any atom is -0.507 e. The number of aromatic nitrogens is 1. The average Bonchev–Trinajstić information content (AvgIpc) is 3.24. The summed E-state index contributed by atoms with van der Waals surface area (Å²) in [6.45, 7) is 3.61. The van der Waals surface area contributed by atoms with Crippen LogP contribution in [0.5, 0.6) is 0 Å². The Hall–Kier alpha value is -3.38. The third-order valence-corrected chi connectivity index (χ3v) is 5.07. The summed E-state index contributed by atoms with van der Waals surface area (Å²) in [5.74, 6) is -1.12. The standard InChI is InChI=1S/C22H17ClN2O4/c1-12-3-5-15(6-4-12)20(26)18-19(14-7-9-16(23)10-8-14)25(22(28)21(18)27)17-11-13(2)29-24-17/h3-11,19,26H,1-2H3. The molecule has 29 heavy (non-hydrogen) atoms. The highest BCUT2D eigenvalue weighted by atomic mass is 35.5. The molecule has 0 spiro atoms. The molecule has 1 aromatic heterocycles. The molecule has 1 atom stereocenters. The van der Waals surface area contributed by atoms with Gasteiger partial charge in [0, 0.05) is 16.7 Å². The number of halogens is 1. The van der Waals surface area contributed by atoms with Crippen molar-refractivity contribution >= 4 is 34.9 Å². The van der Waals surface area contributed by atoms with Crippen LogP contribution in [0.25, 0.3) is 5.76 Å². The van der Waals surface area contributed by atoms with Crippen molar-refractivity contribution in [1.82, 2.24) is 5.16 Å². The maximum Gasteiger partial charge on any atom is 0.301 e. The second-order valence-corrected chi connectivity index (χ2v) is 7.32. The molecule has 1 saturated heterocycles. The van der Waals surface area contributed by atoms with E-state index in [1.807, 2.05) is 19.1 Å². The first kappa shape index (κ1) is 19.0. The van der Waals surface area contributed by atoms with E-state index in [1.165, 1.54) is 4.90 Å². The lowest BCUT2D eigenvalue weighted by Crippen LogP contribution is -2.29. The van der Waals surface area contributed by atoms with E-state index in [2.05, 4.69) is 5.16 Å². The number of nitrogens with zero attached hydrogens (tertiary/aromatic N) is 2. The van der Waals surface area contributed by atoms with Crippen LogP contribution >= 0.6 is 11.6 Å². The highest BCUT2D eigenvalue weighted by Gasteiger charge is 2.48. The highest BCUT2D eigenvalue weighted by molar-refractivity contribution is 6.51. The van der Waals surface area contributed by atoms with Crippen molar-refractivity contribution in [2.45, 2.75) is 19.9 Å². The van der Waals surface area contributed by atoms with E-state index in [-0.39, 0.29) is 17.2 Å². The molecule has 3 aromatic rings. The van der Waals surface area contributed by atoms with Crippen LogP contribution in [-0.4, -0.2) is 22.0 Å². The summed E-state index contributed by atoms with van der Waals surface area (Å²) >= 11 is 6.01. The first-order chi connectivity index (χ1) is 13.9. The largest absolute Gasteiger partial charge is 0.507 e. The Balaban J connectivity index is 1.93. The number of rotatable bonds is 3. The van der Waals surface area contributed by atoms with Crippen molar-refractivity contribution in [1.29, 1.82) is 0 Å². The fourth-order valence-corrected chi connectivity index (χ4v) is 3.49. The summed E-state index contributed by atoms with van der Waals surface area (Å²) in [4.78, 5) is 27.1. The lowest BCUT2D eigenvalue weighted by Gasteiger charge is -2.22. The number of anilines is 1. The molecule has 1 N–H and O–H groups in total. The van der Waals surface area contributed by atoms with E-state index in [9.17, 15) is 14.7 Å². The van der Waals surface area contributed by atoms with Crippen molar-refractivity contribution in [3.8, 4) is 0 Å². The van der Waals surface area contributed by atoms with Gasteiger partial charge >= 0.3 is 5.91 Å². The van der Waals surface area contributed by atoms with Crippen LogP contribution in [0.2, 0.25) is 5.02 Å². The molecule has 2 heterocycles. The summed E-state index contributed by atoms with van der Waals surface area (Å²) < 4.78 is 5.10. The zero-order valence-corrected chi connectivity index (χ0v) is 16.5. The number of aryl methyl sites for hydroxylation is 2.